The minimum absolute atomic E-state index is 0.391. The third-order valence-corrected chi connectivity index (χ3v) is 17.5. The molecule has 1 atom stereocenters. The third kappa shape index (κ3) is 50.9. The Balaban J connectivity index is 1.47. The van der Waals surface area contributed by atoms with Gasteiger partial charge in [-0.05, 0) is 67.3 Å². The smallest absolute Gasteiger partial charge is 0.0251 e. The standard InChI is InChI=1S/C79H136/c1-4-7-10-12-14-16-18-20-22-24-26-28-30-32-34-36-38-40-42-44-46-48-50-52-54-56-59-64-75-66-61-68-78(72-75)71-70-77(63-58-9-6-3)74-79-69-62-67-76(73-79)65-60-57-55-53-51-49-47-45-43-41-39-37-35-33-31-29-27-25-23-21-19-17-15-13-11-8-5-2/h59-62,64-69,72-73,77H,4-58,63,74H2,1-3H3. The predicted octanol–water partition coefficient (Wildman–Crippen LogP) is 27.8. The van der Waals surface area contributed by atoms with Gasteiger partial charge in [0, 0.05) is 11.5 Å². The summed E-state index contributed by atoms with van der Waals surface area (Å²) in [5.41, 5.74) is 5.21. The van der Waals surface area contributed by atoms with Crippen molar-refractivity contribution in [3.8, 4) is 11.8 Å². The molecule has 79 heavy (non-hydrogen) atoms. The predicted molar refractivity (Wildman–Crippen MR) is 361 cm³/mol. The van der Waals surface area contributed by atoms with Crippen LogP contribution in [0.1, 0.15) is 403 Å². The molecule has 0 saturated heterocycles. The first-order valence-electron chi connectivity index (χ1n) is 36.3. The van der Waals surface area contributed by atoms with Gasteiger partial charge in [-0.15, -0.1) is 0 Å². The number of benzene rings is 2. The zero-order valence-electron chi connectivity index (χ0n) is 53.8. The van der Waals surface area contributed by atoms with Crippen LogP contribution in [0.15, 0.2) is 60.7 Å². The molecule has 0 heterocycles. The molecule has 1 unspecified atom stereocenters. The summed E-state index contributed by atoms with van der Waals surface area (Å²) in [6, 6.07) is 18.2. The van der Waals surface area contributed by atoms with Crippen molar-refractivity contribution in [1.29, 1.82) is 0 Å². The number of allylic oxidation sites excluding steroid dienone is 2. The van der Waals surface area contributed by atoms with Crippen molar-refractivity contribution in [2.75, 3.05) is 0 Å². The lowest BCUT2D eigenvalue weighted by atomic mass is 9.93. The van der Waals surface area contributed by atoms with Gasteiger partial charge in [-0.2, -0.15) is 0 Å². The molecule has 2 rings (SSSR count). The maximum Gasteiger partial charge on any atom is 0.0251 e. The topological polar surface area (TPSA) is 0 Å². The molecule has 0 aliphatic rings. The molecule has 0 fully saturated rings. The van der Waals surface area contributed by atoms with Crippen LogP contribution in [0, 0.1) is 17.8 Å². The second kappa shape index (κ2) is 60.1. The van der Waals surface area contributed by atoms with Gasteiger partial charge in [-0.1, -0.05) is 421 Å². The Morgan fingerprint density at radius 3 is 0.911 bits per heavy atom. The van der Waals surface area contributed by atoms with Gasteiger partial charge in [0.2, 0.25) is 0 Å². The third-order valence-electron chi connectivity index (χ3n) is 17.5. The maximum atomic E-state index is 3.75. The highest BCUT2D eigenvalue weighted by atomic mass is 14.1. The fraction of sp³-hybridized carbons (Fsp3) is 0.772. The zero-order valence-corrected chi connectivity index (χ0v) is 53.8. The first kappa shape index (κ1) is 72.6. The Morgan fingerprint density at radius 1 is 0.304 bits per heavy atom. The van der Waals surface area contributed by atoms with E-state index in [2.05, 4.69) is 105 Å². The van der Waals surface area contributed by atoms with Gasteiger partial charge in [0.25, 0.3) is 0 Å². The summed E-state index contributed by atoms with van der Waals surface area (Å²) in [7, 11) is 0. The number of rotatable bonds is 60. The van der Waals surface area contributed by atoms with Crippen LogP contribution in [0.25, 0.3) is 12.2 Å². The summed E-state index contributed by atoms with van der Waals surface area (Å²) in [5, 5.41) is 0. The fourth-order valence-corrected chi connectivity index (χ4v) is 12.1. The van der Waals surface area contributed by atoms with Gasteiger partial charge in [-0.25, -0.2) is 0 Å². The SMILES string of the molecule is CCCCCCCCCCCCCCCCCCCCCCCCCCCC=Cc1cccc(C#CC(CCCCC)Cc2cccc(C=CCCCCCCCCCCCCCCCCCCCCCCCCCCC)c2)c1. The van der Waals surface area contributed by atoms with Gasteiger partial charge in [0.05, 0.1) is 0 Å². The Hall–Kier alpha value is -2.52. The number of hydrogen-bond acceptors (Lipinski definition) is 0. The molecular weight excluding hydrogens is 949 g/mol. The van der Waals surface area contributed by atoms with Crippen LogP contribution in [0.2, 0.25) is 0 Å². The van der Waals surface area contributed by atoms with Crippen molar-refractivity contribution in [3.05, 3.63) is 82.9 Å². The molecule has 452 valence electrons. The van der Waals surface area contributed by atoms with Crippen LogP contribution in [0.3, 0.4) is 0 Å². The van der Waals surface area contributed by atoms with Crippen molar-refractivity contribution in [3.63, 3.8) is 0 Å². The second-order valence-corrected chi connectivity index (χ2v) is 25.4. The first-order valence-corrected chi connectivity index (χ1v) is 36.3. The van der Waals surface area contributed by atoms with E-state index in [1.54, 1.807) is 0 Å². The lowest BCUT2D eigenvalue weighted by Crippen LogP contribution is -2.03. The average molecular weight is 1090 g/mol. The molecule has 0 nitrogen and oxygen atoms in total. The zero-order chi connectivity index (χ0) is 56.1. The molecule has 0 aromatic heterocycles. The van der Waals surface area contributed by atoms with Crippen LogP contribution in [-0.2, 0) is 6.42 Å². The lowest BCUT2D eigenvalue weighted by Gasteiger charge is -2.11. The molecule has 0 bridgehead atoms. The van der Waals surface area contributed by atoms with Gasteiger partial charge in [0.15, 0.2) is 0 Å². The molecule has 0 spiro atoms. The van der Waals surface area contributed by atoms with Gasteiger partial charge < -0.3 is 0 Å². The molecule has 0 N–H and O–H groups in total. The summed E-state index contributed by atoms with van der Waals surface area (Å²) >= 11 is 0. The van der Waals surface area contributed by atoms with Crippen LogP contribution < -0.4 is 0 Å². The lowest BCUT2D eigenvalue weighted by molar-refractivity contribution is 0.516. The normalized spacial score (nSPS) is 12.1. The summed E-state index contributed by atoms with van der Waals surface area (Å²) in [4.78, 5) is 0. The van der Waals surface area contributed by atoms with Crippen molar-refractivity contribution < 1.29 is 0 Å². The van der Waals surface area contributed by atoms with Crippen molar-refractivity contribution in [1.82, 2.24) is 0 Å². The van der Waals surface area contributed by atoms with E-state index in [-0.39, 0.29) is 0 Å². The van der Waals surface area contributed by atoms with Crippen molar-refractivity contribution in [2.45, 2.75) is 387 Å². The Morgan fingerprint density at radius 2 is 0.582 bits per heavy atom. The van der Waals surface area contributed by atoms with E-state index in [0.717, 1.165) is 12.0 Å². The highest BCUT2D eigenvalue weighted by Crippen LogP contribution is 2.22. The fourth-order valence-electron chi connectivity index (χ4n) is 12.1. The summed E-state index contributed by atoms with van der Waals surface area (Å²) in [5.74, 6) is 7.76. The number of hydrogen-bond donors (Lipinski definition) is 0. The quantitative estimate of drug-likeness (QED) is 0.0457. The molecule has 2 aromatic rings. The van der Waals surface area contributed by atoms with E-state index >= 15 is 0 Å². The minimum atomic E-state index is 0.391. The number of unbranched alkanes of at least 4 members (excludes halogenated alkanes) is 52. The molecule has 0 saturated carbocycles. The molecule has 0 amide bonds. The average Bonchev–Trinajstić information content (AvgIpc) is 3.46. The molecular formula is C79H136. The Bertz CT molecular complexity index is 1640. The van der Waals surface area contributed by atoms with Crippen LogP contribution >= 0.6 is 0 Å². The van der Waals surface area contributed by atoms with E-state index < -0.39 is 0 Å². The second-order valence-electron chi connectivity index (χ2n) is 25.4. The van der Waals surface area contributed by atoms with E-state index in [4.69, 9.17) is 0 Å². The van der Waals surface area contributed by atoms with Gasteiger partial charge >= 0.3 is 0 Å². The van der Waals surface area contributed by atoms with E-state index in [1.807, 2.05) is 0 Å². The minimum Gasteiger partial charge on any atom is -0.0941 e. The summed E-state index contributed by atoms with van der Waals surface area (Å²) < 4.78 is 0. The summed E-state index contributed by atoms with van der Waals surface area (Å²) in [6.07, 6.45) is 90.4. The van der Waals surface area contributed by atoms with Crippen molar-refractivity contribution in [2.24, 2.45) is 5.92 Å². The largest absolute Gasteiger partial charge is 0.0941 e. The van der Waals surface area contributed by atoms with Crippen molar-refractivity contribution >= 4 is 12.2 Å². The molecule has 0 aliphatic heterocycles. The molecule has 2 aromatic carbocycles. The Labute approximate surface area is 497 Å². The van der Waals surface area contributed by atoms with Gasteiger partial charge in [-0.3, -0.25) is 0 Å². The molecule has 0 aliphatic carbocycles. The maximum absolute atomic E-state index is 3.75. The first-order chi connectivity index (χ1) is 39.2. The summed E-state index contributed by atoms with van der Waals surface area (Å²) in [6.45, 7) is 6.93. The van der Waals surface area contributed by atoms with Gasteiger partial charge in [0.1, 0.15) is 0 Å². The van der Waals surface area contributed by atoms with E-state index in [0.29, 0.717) is 5.92 Å². The van der Waals surface area contributed by atoms with E-state index in [1.165, 1.54) is 376 Å². The van der Waals surface area contributed by atoms with E-state index in [9.17, 15) is 0 Å². The Kier molecular flexibility index (Phi) is 55.2. The molecule has 0 radical (unpaired) electrons. The van der Waals surface area contributed by atoms with Crippen LogP contribution in [0.5, 0.6) is 0 Å². The van der Waals surface area contributed by atoms with Crippen LogP contribution in [0.4, 0.5) is 0 Å². The monoisotopic (exact) mass is 1090 g/mol. The highest BCUT2D eigenvalue weighted by Gasteiger charge is 2.08. The van der Waals surface area contributed by atoms with Crippen LogP contribution in [-0.4, -0.2) is 0 Å². The molecule has 0 heteroatoms. The highest BCUT2D eigenvalue weighted by molar-refractivity contribution is 5.53.